The summed E-state index contributed by atoms with van der Waals surface area (Å²) in [5, 5.41) is 15.0. The van der Waals surface area contributed by atoms with Gasteiger partial charge in [-0.1, -0.05) is 12.1 Å². The van der Waals surface area contributed by atoms with E-state index in [2.05, 4.69) is 26.3 Å². The van der Waals surface area contributed by atoms with Crippen LogP contribution in [0.25, 0.3) is 10.2 Å². The normalized spacial score (nSPS) is 17.3. The van der Waals surface area contributed by atoms with Crippen molar-refractivity contribution < 1.29 is 9.53 Å². The number of nitrogens with two attached hydrogens (primary N) is 1. The van der Waals surface area contributed by atoms with Gasteiger partial charge in [-0.3, -0.25) is 0 Å². The quantitative estimate of drug-likeness (QED) is 0.593. The summed E-state index contributed by atoms with van der Waals surface area (Å²) in [7, 11) is 0. The molecule has 2 aliphatic rings. The molecule has 0 atom stereocenters. The molecule has 4 heterocycles. The second-order valence-corrected chi connectivity index (χ2v) is 9.67. The zero-order chi connectivity index (χ0) is 23.9. The van der Waals surface area contributed by atoms with Gasteiger partial charge in [-0.05, 0) is 26.0 Å². The van der Waals surface area contributed by atoms with Crippen LogP contribution in [-0.2, 0) is 4.74 Å². The molecule has 3 aromatic rings. The van der Waals surface area contributed by atoms with Gasteiger partial charge >= 0.3 is 6.03 Å². The highest BCUT2D eigenvalue weighted by Crippen LogP contribution is 2.35. The van der Waals surface area contributed by atoms with E-state index in [0.29, 0.717) is 49.9 Å². The highest BCUT2D eigenvalue weighted by molar-refractivity contribution is 7.17. The van der Waals surface area contributed by atoms with E-state index in [-0.39, 0.29) is 17.5 Å². The Morgan fingerprint density at radius 2 is 2.00 bits per heavy atom. The van der Waals surface area contributed by atoms with Gasteiger partial charge < -0.3 is 25.6 Å². The molecular formula is C23H24N8O2S. The number of benzene rings is 1. The molecule has 0 spiro atoms. The van der Waals surface area contributed by atoms with E-state index < -0.39 is 0 Å². The van der Waals surface area contributed by atoms with E-state index in [0.717, 1.165) is 21.6 Å². The van der Waals surface area contributed by atoms with Crippen molar-refractivity contribution in [3.8, 4) is 6.07 Å². The van der Waals surface area contributed by atoms with Crippen LogP contribution in [0.2, 0.25) is 0 Å². The van der Waals surface area contributed by atoms with Gasteiger partial charge in [0.1, 0.15) is 23.3 Å². The summed E-state index contributed by atoms with van der Waals surface area (Å²) in [5.74, 6) is 1.53. The molecule has 0 saturated carbocycles. The number of aliphatic imine (C=N–C) groups is 1. The number of ether oxygens (including phenoxy) is 1. The Morgan fingerprint density at radius 1 is 1.24 bits per heavy atom. The first-order chi connectivity index (χ1) is 16.3. The van der Waals surface area contributed by atoms with E-state index in [4.69, 9.17) is 15.5 Å². The van der Waals surface area contributed by atoms with Gasteiger partial charge in [0, 0.05) is 31.6 Å². The van der Waals surface area contributed by atoms with Crippen LogP contribution in [0.5, 0.6) is 0 Å². The van der Waals surface area contributed by atoms with Crippen molar-refractivity contribution in [3.05, 3.63) is 40.8 Å². The number of nitriles is 1. The molecule has 5 rings (SSSR count). The minimum Gasteiger partial charge on any atom is -0.475 e. The molecule has 2 aliphatic heterocycles. The fourth-order valence-corrected chi connectivity index (χ4v) is 4.97. The number of nitrogens with one attached hydrogen (secondary N) is 1. The van der Waals surface area contributed by atoms with Crippen LogP contribution in [0.1, 0.15) is 25.0 Å². The number of nitrogen functional groups attached to an aromatic ring is 1. The summed E-state index contributed by atoms with van der Waals surface area (Å²) < 4.78 is 5.88. The second-order valence-electron chi connectivity index (χ2n) is 8.81. The van der Waals surface area contributed by atoms with E-state index in [9.17, 15) is 10.1 Å². The van der Waals surface area contributed by atoms with Crippen molar-refractivity contribution in [3.63, 3.8) is 0 Å². The molecular weight excluding hydrogens is 452 g/mol. The molecule has 11 heteroatoms. The Morgan fingerprint density at radius 3 is 2.71 bits per heavy atom. The maximum absolute atomic E-state index is 12.8. The number of hydrogen-bond donors (Lipinski definition) is 2. The van der Waals surface area contributed by atoms with Gasteiger partial charge in [0.25, 0.3) is 0 Å². The summed E-state index contributed by atoms with van der Waals surface area (Å²) in [6.45, 7) is 6.73. The Bertz CT molecular complexity index is 1330. The van der Waals surface area contributed by atoms with Crippen LogP contribution < -0.4 is 16.0 Å². The number of urea groups is 1. The van der Waals surface area contributed by atoms with E-state index >= 15 is 0 Å². The molecule has 2 aromatic heterocycles. The Hall–Kier alpha value is -3.91. The van der Waals surface area contributed by atoms with Crippen molar-refractivity contribution in [2.45, 2.75) is 19.4 Å². The van der Waals surface area contributed by atoms with Crippen LogP contribution in [0.4, 0.5) is 22.2 Å². The molecule has 1 saturated heterocycles. The fraction of sp³-hybridized carbons (Fsp3) is 0.348. The van der Waals surface area contributed by atoms with E-state index in [1.807, 2.05) is 19.2 Å². The molecule has 0 aliphatic carbocycles. The maximum Gasteiger partial charge on any atom is 0.322 e. The van der Waals surface area contributed by atoms with Gasteiger partial charge in [-0.2, -0.15) is 10.2 Å². The Balaban J connectivity index is 1.36. The summed E-state index contributed by atoms with van der Waals surface area (Å²) in [5.41, 5.74) is 7.55. The molecule has 2 amide bonds. The molecule has 10 nitrogen and oxygen atoms in total. The van der Waals surface area contributed by atoms with Crippen molar-refractivity contribution in [1.29, 1.82) is 5.26 Å². The number of aromatic nitrogens is 2. The van der Waals surface area contributed by atoms with Gasteiger partial charge in [-0.15, -0.1) is 11.3 Å². The Labute approximate surface area is 200 Å². The molecule has 1 fully saturated rings. The number of amides is 2. The summed E-state index contributed by atoms with van der Waals surface area (Å²) in [6, 6.07) is 8.82. The predicted molar refractivity (Wildman–Crippen MR) is 132 cm³/mol. The highest BCUT2D eigenvalue weighted by Gasteiger charge is 2.31. The van der Waals surface area contributed by atoms with Gasteiger partial charge in [0.05, 0.1) is 27.7 Å². The van der Waals surface area contributed by atoms with Crippen LogP contribution in [0, 0.1) is 11.3 Å². The first-order valence-corrected chi connectivity index (χ1v) is 11.8. The predicted octanol–water partition coefficient (Wildman–Crippen LogP) is 3.05. The SMILES string of the molecule is CC1(C)COC(c2csc3nc(N)nc(N4CCN(C(=O)Nc5ccccc5C#N)CC4)c23)=N1. The first-order valence-electron chi connectivity index (χ1n) is 10.9. The lowest BCUT2D eigenvalue weighted by Crippen LogP contribution is -2.50. The lowest BCUT2D eigenvalue weighted by Gasteiger charge is -2.35. The molecule has 0 radical (unpaired) electrons. The molecule has 1 aromatic carbocycles. The zero-order valence-corrected chi connectivity index (χ0v) is 19.7. The number of carbonyl (C=O) groups is 1. The number of piperazine rings is 1. The minimum atomic E-state index is -0.276. The van der Waals surface area contributed by atoms with Crippen LogP contribution >= 0.6 is 11.3 Å². The molecule has 174 valence electrons. The van der Waals surface area contributed by atoms with Crippen molar-refractivity contribution >= 4 is 50.9 Å². The van der Waals surface area contributed by atoms with Crippen molar-refractivity contribution in [2.24, 2.45) is 4.99 Å². The molecule has 34 heavy (non-hydrogen) atoms. The third-order valence-electron chi connectivity index (χ3n) is 5.78. The molecule has 0 unspecified atom stereocenters. The average molecular weight is 477 g/mol. The number of fused-ring (bicyclic) bond motifs is 1. The second kappa shape index (κ2) is 8.46. The highest BCUT2D eigenvalue weighted by atomic mass is 32.1. The van der Waals surface area contributed by atoms with Crippen LogP contribution in [0.15, 0.2) is 34.6 Å². The molecule has 0 bridgehead atoms. The topological polar surface area (TPSA) is 133 Å². The monoisotopic (exact) mass is 476 g/mol. The maximum atomic E-state index is 12.8. The van der Waals surface area contributed by atoms with Crippen molar-refractivity contribution in [1.82, 2.24) is 14.9 Å². The summed E-state index contributed by atoms with van der Waals surface area (Å²) in [6.07, 6.45) is 0. The van der Waals surface area contributed by atoms with Crippen LogP contribution in [0.3, 0.4) is 0 Å². The van der Waals surface area contributed by atoms with E-state index in [1.165, 1.54) is 11.3 Å². The summed E-state index contributed by atoms with van der Waals surface area (Å²) in [4.78, 5) is 31.1. The third kappa shape index (κ3) is 4.08. The number of hydrogen-bond acceptors (Lipinski definition) is 9. The lowest BCUT2D eigenvalue weighted by molar-refractivity contribution is 0.208. The van der Waals surface area contributed by atoms with E-state index in [1.54, 1.807) is 29.2 Å². The average Bonchev–Trinajstić information content (AvgIpc) is 3.41. The van der Waals surface area contributed by atoms with Gasteiger partial charge in [-0.25, -0.2) is 14.8 Å². The Kier molecular flexibility index (Phi) is 5.45. The summed E-state index contributed by atoms with van der Waals surface area (Å²) >= 11 is 1.48. The largest absolute Gasteiger partial charge is 0.475 e. The number of carbonyl (C=O) groups excluding carboxylic acids is 1. The van der Waals surface area contributed by atoms with Gasteiger partial charge in [0.2, 0.25) is 11.8 Å². The smallest absolute Gasteiger partial charge is 0.322 e. The fourth-order valence-electron chi connectivity index (χ4n) is 4.05. The first kappa shape index (κ1) is 21.9. The zero-order valence-electron chi connectivity index (χ0n) is 18.9. The number of rotatable bonds is 3. The number of anilines is 3. The standard InChI is InChI=1S/C23H24N8O2S/c1-23(2)13-33-19(29-23)15-12-34-20-17(15)18(27-21(25)28-20)30-7-9-31(10-8-30)22(32)26-16-6-4-3-5-14(16)11-24/h3-6,12H,7-10,13H2,1-2H3,(H,26,32)(H2,25,27,28). The lowest BCUT2D eigenvalue weighted by atomic mass is 10.1. The number of nitrogens with zero attached hydrogens (tertiary/aromatic N) is 6. The minimum absolute atomic E-state index is 0.207. The van der Waals surface area contributed by atoms with Crippen molar-refractivity contribution in [2.75, 3.05) is 48.7 Å². The van der Waals surface area contributed by atoms with Gasteiger partial charge in [0.15, 0.2) is 0 Å². The third-order valence-corrected chi connectivity index (χ3v) is 6.66. The number of thiophene rings is 1. The number of para-hydroxylation sites is 1. The van der Waals surface area contributed by atoms with Crippen LogP contribution in [-0.4, -0.2) is 65.1 Å². The molecule has 3 N–H and O–H groups in total.